The van der Waals surface area contributed by atoms with Crippen LogP contribution in [-0.2, 0) is 9.53 Å². The number of aliphatic hydroxyl groups is 3. The molecule has 0 aliphatic rings. The summed E-state index contributed by atoms with van der Waals surface area (Å²) in [6.45, 7) is 0.768. The zero-order chi connectivity index (χ0) is 8.85. The van der Waals surface area contributed by atoms with E-state index < -0.39 is 11.9 Å². The first-order valence-electron chi connectivity index (χ1n) is 2.96. The summed E-state index contributed by atoms with van der Waals surface area (Å²) < 4.78 is 4.35. The molecule has 5 heteroatoms. The van der Waals surface area contributed by atoms with E-state index >= 15 is 0 Å². The highest BCUT2D eigenvalue weighted by Crippen LogP contribution is 1.99. The summed E-state index contributed by atoms with van der Waals surface area (Å²) in [6, 6.07) is 0. The van der Waals surface area contributed by atoms with Crippen molar-refractivity contribution in [2.24, 2.45) is 0 Å². The maximum atomic E-state index is 10.6. The molecule has 0 spiro atoms. The van der Waals surface area contributed by atoms with Crippen LogP contribution in [0.3, 0.4) is 0 Å². The number of hydrogen-bond acceptors (Lipinski definition) is 5. The normalized spacial score (nSPS) is 8.91. The fourth-order valence-electron chi connectivity index (χ4n) is 0.338. The molecule has 3 N–H and O–H groups in total. The zero-order valence-corrected chi connectivity index (χ0v) is 6.07. The molecule has 0 rings (SSSR count). The van der Waals surface area contributed by atoms with Crippen LogP contribution in [0.25, 0.3) is 0 Å². The van der Waals surface area contributed by atoms with Crippen LogP contribution < -0.4 is 0 Å². The summed E-state index contributed by atoms with van der Waals surface area (Å²) in [5, 5.41) is 24.9. The Labute approximate surface area is 63.5 Å². The minimum absolute atomic E-state index is 0.149. The van der Waals surface area contributed by atoms with Crippen molar-refractivity contribution in [1.29, 1.82) is 0 Å². The molecule has 0 radical (unpaired) electrons. The molecule has 0 aliphatic carbocycles. The predicted octanol–water partition coefficient (Wildman–Crippen LogP) is -0.131. The van der Waals surface area contributed by atoms with Crippen LogP contribution in [0.4, 0.5) is 0 Å². The molecule has 0 unspecified atom stereocenters. The van der Waals surface area contributed by atoms with Crippen molar-refractivity contribution in [1.82, 2.24) is 0 Å². The van der Waals surface area contributed by atoms with Gasteiger partial charge in [-0.25, -0.2) is 4.79 Å². The summed E-state index contributed by atoms with van der Waals surface area (Å²) in [6.07, 6.45) is 0. The molecule has 0 fully saturated rings. The summed E-state index contributed by atoms with van der Waals surface area (Å²) in [7, 11) is 0. The van der Waals surface area contributed by atoms with Gasteiger partial charge in [0.2, 0.25) is 0 Å². The monoisotopic (exact) mass is 162 g/mol. The SMILES string of the molecule is CC(C(=O)OCCO)=C(O)O. The molecular weight excluding hydrogens is 152 g/mol. The van der Waals surface area contributed by atoms with E-state index in [-0.39, 0.29) is 18.8 Å². The topological polar surface area (TPSA) is 87.0 Å². The van der Waals surface area contributed by atoms with Gasteiger partial charge in [-0.3, -0.25) is 0 Å². The largest absolute Gasteiger partial charge is 0.481 e. The number of hydrogen-bond donors (Lipinski definition) is 3. The van der Waals surface area contributed by atoms with E-state index in [9.17, 15) is 4.79 Å². The smallest absolute Gasteiger partial charge is 0.341 e. The van der Waals surface area contributed by atoms with Crippen molar-refractivity contribution < 1.29 is 24.9 Å². The van der Waals surface area contributed by atoms with Gasteiger partial charge in [0.1, 0.15) is 12.2 Å². The number of rotatable bonds is 3. The van der Waals surface area contributed by atoms with E-state index in [2.05, 4.69) is 4.74 Å². The summed E-state index contributed by atoms with van der Waals surface area (Å²) in [5.74, 6) is -1.91. The highest BCUT2D eigenvalue weighted by molar-refractivity contribution is 5.87. The minimum atomic E-state index is -1.06. The van der Waals surface area contributed by atoms with Crippen LogP contribution in [0, 0.1) is 0 Å². The van der Waals surface area contributed by atoms with Gasteiger partial charge in [0, 0.05) is 0 Å². The predicted molar refractivity (Wildman–Crippen MR) is 36.0 cm³/mol. The van der Waals surface area contributed by atoms with Gasteiger partial charge in [-0.15, -0.1) is 0 Å². The maximum Gasteiger partial charge on any atom is 0.341 e. The van der Waals surface area contributed by atoms with Crippen LogP contribution in [0.15, 0.2) is 11.5 Å². The lowest BCUT2D eigenvalue weighted by atomic mass is 10.3. The Balaban J connectivity index is 3.95. The van der Waals surface area contributed by atoms with E-state index in [1.54, 1.807) is 0 Å². The van der Waals surface area contributed by atoms with Gasteiger partial charge >= 0.3 is 5.97 Å². The second-order valence-corrected chi connectivity index (χ2v) is 1.81. The molecule has 0 aromatic carbocycles. The Morgan fingerprint density at radius 2 is 2.00 bits per heavy atom. The Bertz CT molecular complexity index is 168. The van der Waals surface area contributed by atoms with Crippen LogP contribution >= 0.6 is 0 Å². The Hall–Kier alpha value is -1.23. The average Bonchev–Trinajstić information content (AvgIpc) is 1.98. The van der Waals surface area contributed by atoms with Crippen LogP contribution in [0.1, 0.15) is 6.92 Å². The summed E-state index contributed by atoms with van der Waals surface area (Å²) >= 11 is 0. The van der Waals surface area contributed by atoms with Crippen LogP contribution in [-0.4, -0.2) is 34.5 Å². The maximum absolute atomic E-state index is 10.6. The molecular formula is C6H10O5. The molecule has 0 bridgehead atoms. The second-order valence-electron chi connectivity index (χ2n) is 1.81. The average molecular weight is 162 g/mol. The summed E-state index contributed by atoms with van der Waals surface area (Å²) in [4.78, 5) is 10.6. The number of carbonyl (C=O) groups is 1. The fourth-order valence-corrected chi connectivity index (χ4v) is 0.338. The number of aliphatic hydroxyl groups excluding tert-OH is 2. The van der Waals surface area contributed by atoms with E-state index in [0.717, 1.165) is 0 Å². The highest BCUT2D eigenvalue weighted by Gasteiger charge is 2.10. The number of esters is 1. The van der Waals surface area contributed by atoms with Crippen molar-refractivity contribution >= 4 is 5.97 Å². The Kier molecular flexibility index (Phi) is 4.05. The van der Waals surface area contributed by atoms with Gasteiger partial charge in [0.25, 0.3) is 5.95 Å². The molecule has 0 aromatic rings. The second kappa shape index (κ2) is 4.56. The molecule has 0 saturated carbocycles. The Morgan fingerprint density at radius 3 is 2.36 bits per heavy atom. The molecule has 0 aromatic heterocycles. The molecule has 0 heterocycles. The third-order valence-electron chi connectivity index (χ3n) is 0.966. The standard InChI is InChI=1S/C6H10O5/c1-4(5(8)9)6(10)11-3-2-7/h7-9H,2-3H2,1H3. The zero-order valence-electron chi connectivity index (χ0n) is 6.07. The fraction of sp³-hybridized carbons (Fsp3) is 0.500. The van der Waals surface area contributed by atoms with Gasteiger partial charge in [-0.05, 0) is 6.92 Å². The van der Waals surface area contributed by atoms with Crippen molar-refractivity contribution in [3.63, 3.8) is 0 Å². The first-order chi connectivity index (χ1) is 5.09. The molecule has 0 atom stereocenters. The van der Waals surface area contributed by atoms with E-state index in [0.29, 0.717) is 0 Å². The highest BCUT2D eigenvalue weighted by atomic mass is 16.5. The third kappa shape index (κ3) is 3.47. The quantitative estimate of drug-likeness (QED) is 0.305. The van der Waals surface area contributed by atoms with Gasteiger partial charge < -0.3 is 20.1 Å². The molecule has 0 amide bonds. The van der Waals surface area contributed by atoms with Gasteiger partial charge in [0.05, 0.1) is 6.61 Å². The molecule has 64 valence electrons. The van der Waals surface area contributed by atoms with Crippen LogP contribution in [0.2, 0.25) is 0 Å². The van der Waals surface area contributed by atoms with E-state index in [1.807, 2.05) is 0 Å². The van der Waals surface area contributed by atoms with Crippen molar-refractivity contribution in [3.05, 3.63) is 11.5 Å². The summed E-state index contributed by atoms with van der Waals surface area (Å²) in [5.41, 5.74) is -0.279. The van der Waals surface area contributed by atoms with Crippen molar-refractivity contribution in [2.75, 3.05) is 13.2 Å². The van der Waals surface area contributed by atoms with Gasteiger partial charge in [0.15, 0.2) is 0 Å². The van der Waals surface area contributed by atoms with Gasteiger partial charge in [-0.2, -0.15) is 0 Å². The number of carbonyl (C=O) groups excluding carboxylic acids is 1. The van der Waals surface area contributed by atoms with E-state index in [4.69, 9.17) is 15.3 Å². The van der Waals surface area contributed by atoms with E-state index in [1.165, 1.54) is 6.92 Å². The number of ether oxygens (including phenoxy) is 1. The first-order valence-corrected chi connectivity index (χ1v) is 2.96. The molecule has 0 saturated heterocycles. The lowest BCUT2D eigenvalue weighted by molar-refractivity contribution is -0.140. The van der Waals surface area contributed by atoms with Crippen molar-refractivity contribution in [3.8, 4) is 0 Å². The Morgan fingerprint density at radius 1 is 1.45 bits per heavy atom. The van der Waals surface area contributed by atoms with Gasteiger partial charge in [-0.1, -0.05) is 0 Å². The molecule has 11 heavy (non-hydrogen) atoms. The third-order valence-corrected chi connectivity index (χ3v) is 0.966. The lowest BCUT2D eigenvalue weighted by Crippen LogP contribution is -2.10. The van der Waals surface area contributed by atoms with Crippen LogP contribution in [0.5, 0.6) is 0 Å². The first kappa shape index (κ1) is 9.77. The lowest BCUT2D eigenvalue weighted by Gasteiger charge is -2.01. The molecule has 0 aliphatic heterocycles. The molecule has 5 nitrogen and oxygen atoms in total. The minimum Gasteiger partial charge on any atom is -0.481 e. The van der Waals surface area contributed by atoms with Crippen molar-refractivity contribution in [2.45, 2.75) is 6.92 Å².